The number of methoxy groups -OCH3 is 2. The lowest BCUT2D eigenvalue weighted by Gasteiger charge is -2.21. The van der Waals surface area contributed by atoms with Crippen molar-refractivity contribution in [2.75, 3.05) is 21.3 Å². The van der Waals surface area contributed by atoms with Gasteiger partial charge in [0.2, 0.25) is 0 Å². The third kappa shape index (κ3) is 3.32. The molecule has 108 valence electrons. The highest BCUT2D eigenvalue weighted by Crippen LogP contribution is 2.36. The van der Waals surface area contributed by atoms with Crippen LogP contribution in [0, 0.1) is 0 Å². The molecule has 0 saturated heterocycles. The molecule has 0 spiro atoms. The standard InChI is InChI=1S/C16H21NO2S/c1-17-13(10-9-12-6-5-11-20-12)16-14(18-2)7-4-8-15(16)19-3/h4-8,11,13,17H,9-10H2,1-3H3. The first kappa shape index (κ1) is 14.9. The summed E-state index contributed by atoms with van der Waals surface area (Å²) in [6.07, 6.45) is 2.05. The fraction of sp³-hybridized carbons (Fsp3) is 0.375. The number of hydrogen-bond acceptors (Lipinski definition) is 4. The van der Waals surface area contributed by atoms with Crippen LogP contribution in [0.1, 0.15) is 22.9 Å². The average molecular weight is 291 g/mol. The van der Waals surface area contributed by atoms with E-state index in [1.54, 1.807) is 25.6 Å². The van der Waals surface area contributed by atoms with Gasteiger partial charge in [-0.2, -0.15) is 0 Å². The van der Waals surface area contributed by atoms with Crippen molar-refractivity contribution in [1.82, 2.24) is 5.32 Å². The predicted octanol–water partition coefficient (Wildman–Crippen LogP) is 3.66. The first-order chi connectivity index (χ1) is 9.80. The maximum atomic E-state index is 5.49. The van der Waals surface area contributed by atoms with Crippen molar-refractivity contribution in [3.63, 3.8) is 0 Å². The fourth-order valence-electron chi connectivity index (χ4n) is 2.40. The Morgan fingerprint density at radius 1 is 1.10 bits per heavy atom. The molecule has 4 heteroatoms. The van der Waals surface area contributed by atoms with Gasteiger partial charge in [0.1, 0.15) is 11.5 Å². The molecule has 20 heavy (non-hydrogen) atoms. The number of aryl methyl sites for hydroxylation is 1. The van der Waals surface area contributed by atoms with Crippen molar-refractivity contribution < 1.29 is 9.47 Å². The van der Waals surface area contributed by atoms with Crippen LogP contribution in [0.2, 0.25) is 0 Å². The number of ether oxygens (including phenoxy) is 2. The van der Waals surface area contributed by atoms with Gasteiger partial charge in [-0.3, -0.25) is 0 Å². The van der Waals surface area contributed by atoms with E-state index in [0.717, 1.165) is 29.9 Å². The molecule has 2 rings (SSSR count). The lowest BCUT2D eigenvalue weighted by molar-refractivity contribution is 0.370. The van der Waals surface area contributed by atoms with Crippen LogP contribution in [-0.2, 0) is 6.42 Å². The molecule has 0 aliphatic heterocycles. The zero-order chi connectivity index (χ0) is 14.4. The summed E-state index contributed by atoms with van der Waals surface area (Å²) in [5, 5.41) is 5.49. The summed E-state index contributed by atoms with van der Waals surface area (Å²) >= 11 is 1.80. The Balaban J connectivity index is 2.21. The number of thiophene rings is 1. The zero-order valence-electron chi connectivity index (χ0n) is 12.2. The van der Waals surface area contributed by atoms with Crippen LogP contribution < -0.4 is 14.8 Å². The molecule has 0 amide bonds. The third-order valence-corrected chi connectivity index (χ3v) is 4.36. The molecule has 0 radical (unpaired) electrons. The molecule has 1 aromatic carbocycles. The molecular formula is C16H21NO2S. The minimum absolute atomic E-state index is 0.211. The van der Waals surface area contributed by atoms with Crippen LogP contribution in [-0.4, -0.2) is 21.3 Å². The fourth-order valence-corrected chi connectivity index (χ4v) is 3.12. The van der Waals surface area contributed by atoms with Crippen LogP contribution in [0.15, 0.2) is 35.7 Å². The third-order valence-electron chi connectivity index (χ3n) is 3.42. The van der Waals surface area contributed by atoms with Crippen molar-refractivity contribution in [2.45, 2.75) is 18.9 Å². The summed E-state index contributed by atoms with van der Waals surface area (Å²) in [5.74, 6) is 1.74. The smallest absolute Gasteiger partial charge is 0.127 e. The van der Waals surface area contributed by atoms with E-state index in [1.807, 2.05) is 25.2 Å². The molecule has 0 saturated carbocycles. The Bertz CT molecular complexity index is 503. The van der Waals surface area contributed by atoms with Gasteiger partial charge in [0, 0.05) is 10.9 Å². The van der Waals surface area contributed by atoms with Crippen molar-refractivity contribution in [3.8, 4) is 11.5 Å². The van der Waals surface area contributed by atoms with Crippen LogP contribution in [0.3, 0.4) is 0 Å². The molecule has 0 aliphatic rings. The molecule has 1 aromatic heterocycles. The lowest BCUT2D eigenvalue weighted by Crippen LogP contribution is -2.18. The van der Waals surface area contributed by atoms with Crippen LogP contribution >= 0.6 is 11.3 Å². The highest BCUT2D eigenvalue weighted by atomic mass is 32.1. The SMILES string of the molecule is CNC(CCc1cccs1)c1c(OC)cccc1OC. The van der Waals surface area contributed by atoms with Crippen LogP contribution in [0.5, 0.6) is 11.5 Å². The summed E-state index contributed by atoms with van der Waals surface area (Å²) < 4.78 is 11.0. The minimum Gasteiger partial charge on any atom is -0.496 e. The monoisotopic (exact) mass is 291 g/mol. The van der Waals surface area contributed by atoms with E-state index in [4.69, 9.17) is 9.47 Å². The van der Waals surface area contributed by atoms with E-state index in [9.17, 15) is 0 Å². The molecule has 0 bridgehead atoms. The maximum absolute atomic E-state index is 5.49. The molecule has 1 unspecified atom stereocenters. The largest absolute Gasteiger partial charge is 0.496 e. The Labute approximate surface area is 124 Å². The van der Waals surface area contributed by atoms with Crippen molar-refractivity contribution in [1.29, 1.82) is 0 Å². The van der Waals surface area contributed by atoms with Gasteiger partial charge in [0.25, 0.3) is 0 Å². The molecular weight excluding hydrogens is 270 g/mol. The lowest BCUT2D eigenvalue weighted by atomic mass is 9.99. The molecule has 2 aromatic rings. The first-order valence-corrected chi connectivity index (χ1v) is 7.58. The topological polar surface area (TPSA) is 30.5 Å². The molecule has 0 fully saturated rings. The van der Waals surface area contributed by atoms with Gasteiger partial charge >= 0.3 is 0 Å². The normalized spacial score (nSPS) is 12.2. The Morgan fingerprint density at radius 2 is 1.80 bits per heavy atom. The quantitative estimate of drug-likeness (QED) is 0.844. The van der Waals surface area contributed by atoms with Gasteiger partial charge in [0.15, 0.2) is 0 Å². The van der Waals surface area contributed by atoms with E-state index in [0.29, 0.717) is 0 Å². The second-order valence-corrected chi connectivity index (χ2v) is 5.57. The van der Waals surface area contributed by atoms with Crippen molar-refractivity contribution in [2.24, 2.45) is 0 Å². The first-order valence-electron chi connectivity index (χ1n) is 6.70. The predicted molar refractivity (Wildman–Crippen MR) is 84.0 cm³/mol. The highest BCUT2D eigenvalue weighted by molar-refractivity contribution is 7.09. The Kier molecular flexibility index (Phi) is 5.44. The zero-order valence-corrected chi connectivity index (χ0v) is 13.0. The van der Waals surface area contributed by atoms with Gasteiger partial charge < -0.3 is 14.8 Å². The van der Waals surface area contributed by atoms with Gasteiger partial charge in [-0.1, -0.05) is 12.1 Å². The Hall–Kier alpha value is -1.52. The maximum Gasteiger partial charge on any atom is 0.127 e. The molecule has 1 heterocycles. The number of hydrogen-bond donors (Lipinski definition) is 1. The molecule has 1 N–H and O–H groups in total. The summed E-state index contributed by atoms with van der Waals surface area (Å²) in [4.78, 5) is 1.40. The summed E-state index contributed by atoms with van der Waals surface area (Å²) in [6.45, 7) is 0. The highest BCUT2D eigenvalue weighted by Gasteiger charge is 2.19. The summed E-state index contributed by atoms with van der Waals surface area (Å²) in [7, 11) is 5.37. The van der Waals surface area contributed by atoms with Gasteiger partial charge in [-0.25, -0.2) is 0 Å². The van der Waals surface area contributed by atoms with Crippen molar-refractivity contribution >= 4 is 11.3 Å². The second kappa shape index (κ2) is 7.31. The van der Waals surface area contributed by atoms with Crippen molar-refractivity contribution in [3.05, 3.63) is 46.2 Å². The average Bonchev–Trinajstić information content (AvgIpc) is 3.01. The van der Waals surface area contributed by atoms with E-state index < -0.39 is 0 Å². The minimum atomic E-state index is 0.211. The summed E-state index contributed by atoms with van der Waals surface area (Å²) in [5.41, 5.74) is 1.09. The van der Waals surface area contributed by atoms with Gasteiger partial charge in [0.05, 0.1) is 19.8 Å². The summed E-state index contributed by atoms with van der Waals surface area (Å²) in [6, 6.07) is 10.4. The van der Waals surface area contributed by atoms with Gasteiger partial charge in [-0.05, 0) is 43.5 Å². The van der Waals surface area contributed by atoms with E-state index in [1.165, 1.54) is 4.88 Å². The van der Waals surface area contributed by atoms with Crippen LogP contribution in [0.4, 0.5) is 0 Å². The molecule has 0 aliphatic carbocycles. The van der Waals surface area contributed by atoms with E-state index in [2.05, 4.69) is 22.8 Å². The van der Waals surface area contributed by atoms with E-state index >= 15 is 0 Å². The van der Waals surface area contributed by atoms with Gasteiger partial charge in [-0.15, -0.1) is 11.3 Å². The number of rotatable bonds is 7. The van der Waals surface area contributed by atoms with E-state index in [-0.39, 0.29) is 6.04 Å². The molecule has 3 nitrogen and oxygen atoms in total. The number of nitrogens with one attached hydrogen (secondary N) is 1. The number of benzene rings is 1. The second-order valence-electron chi connectivity index (χ2n) is 4.54. The Morgan fingerprint density at radius 3 is 2.30 bits per heavy atom. The van der Waals surface area contributed by atoms with Crippen LogP contribution in [0.25, 0.3) is 0 Å². The molecule has 1 atom stereocenters.